The minimum absolute atomic E-state index is 0.0957. The van der Waals surface area contributed by atoms with Crippen LogP contribution in [0.5, 0.6) is 0 Å². The SMILES string of the molecule is CC=CCS(=O)(=O)CC(=O)N(CC)c1ccccc1. The third kappa shape index (κ3) is 4.87. The van der Waals surface area contributed by atoms with Crippen molar-refractivity contribution in [2.75, 3.05) is 23.0 Å². The van der Waals surface area contributed by atoms with Gasteiger partial charge in [0.25, 0.3) is 0 Å². The van der Waals surface area contributed by atoms with Gasteiger partial charge in [0, 0.05) is 12.2 Å². The normalized spacial score (nSPS) is 11.7. The number of hydrogen-bond donors (Lipinski definition) is 0. The van der Waals surface area contributed by atoms with Gasteiger partial charge < -0.3 is 4.90 Å². The minimum Gasteiger partial charge on any atom is -0.312 e. The molecule has 0 N–H and O–H groups in total. The summed E-state index contributed by atoms with van der Waals surface area (Å²) in [7, 11) is -3.38. The van der Waals surface area contributed by atoms with Crippen molar-refractivity contribution in [3.63, 3.8) is 0 Å². The van der Waals surface area contributed by atoms with Gasteiger partial charge in [-0.15, -0.1) is 0 Å². The molecule has 0 aliphatic heterocycles. The van der Waals surface area contributed by atoms with Crippen molar-refractivity contribution in [1.82, 2.24) is 0 Å². The molecule has 1 rings (SSSR count). The molecule has 1 aromatic carbocycles. The van der Waals surface area contributed by atoms with Gasteiger partial charge in [0.1, 0.15) is 5.75 Å². The molecule has 104 valence electrons. The maximum Gasteiger partial charge on any atom is 0.242 e. The third-order valence-electron chi connectivity index (χ3n) is 2.61. The molecule has 0 aromatic heterocycles. The summed E-state index contributed by atoms with van der Waals surface area (Å²) in [4.78, 5) is 13.6. The number of hydrogen-bond acceptors (Lipinski definition) is 3. The first kappa shape index (κ1) is 15.4. The molecule has 0 bridgehead atoms. The zero-order chi connectivity index (χ0) is 14.3. The highest BCUT2D eigenvalue weighted by Gasteiger charge is 2.20. The lowest BCUT2D eigenvalue weighted by molar-refractivity contribution is -0.116. The summed E-state index contributed by atoms with van der Waals surface area (Å²) in [5.74, 6) is -0.944. The zero-order valence-corrected chi connectivity index (χ0v) is 12.1. The van der Waals surface area contributed by atoms with Crippen molar-refractivity contribution in [3.05, 3.63) is 42.5 Å². The number of sulfone groups is 1. The zero-order valence-electron chi connectivity index (χ0n) is 11.2. The van der Waals surface area contributed by atoms with Crippen LogP contribution in [0, 0.1) is 0 Å². The van der Waals surface area contributed by atoms with E-state index in [4.69, 9.17) is 0 Å². The molecule has 0 unspecified atom stereocenters. The van der Waals surface area contributed by atoms with E-state index in [0.717, 1.165) is 5.69 Å². The number of amides is 1. The lowest BCUT2D eigenvalue weighted by Gasteiger charge is -2.20. The second kappa shape index (κ2) is 7.09. The van der Waals surface area contributed by atoms with E-state index in [9.17, 15) is 13.2 Å². The van der Waals surface area contributed by atoms with Crippen molar-refractivity contribution in [1.29, 1.82) is 0 Å². The van der Waals surface area contributed by atoms with Crippen LogP contribution < -0.4 is 4.90 Å². The number of benzene rings is 1. The Kier molecular flexibility index (Phi) is 5.76. The first-order chi connectivity index (χ1) is 9.00. The fourth-order valence-corrected chi connectivity index (χ4v) is 2.81. The van der Waals surface area contributed by atoms with E-state index in [1.54, 1.807) is 31.2 Å². The maximum atomic E-state index is 12.1. The highest BCUT2D eigenvalue weighted by molar-refractivity contribution is 7.92. The van der Waals surface area contributed by atoms with E-state index in [2.05, 4.69) is 0 Å². The van der Waals surface area contributed by atoms with Gasteiger partial charge in [-0.1, -0.05) is 30.4 Å². The molecular weight excluding hydrogens is 262 g/mol. The Bertz CT molecular complexity index is 535. The average molecular weight is 281 g/mol. The molecule has 0 fully saturated rings. The molecule has 1 amide bonds. The van der Waals surface area contributed by atoms with Crippen LogP contribution in [-0.2, 0) is 14.6 Å². The molecule has 0 saturated carbocycles. The summed E-state index contributed by atoms with van der Waals surface area (Å²) < 4.78 is 23.5. The fraction of sp³-hybridized carbons (Fsp3) is 0.357. The van der Waals surface area contributed by atoms with E-state index in [1.807, 2.05) is 25.1 Å². The summed E-state index contributed by atoms with van der Waals surface area (Å²) in [5.41, 5.74) is 0.719. The number of nitrogens with zero attached hydrogens (tertiary/aromatic N) is 1. The first-order valence-electron chi connectivity index (χ1n) is 6.17. The molecule has 5 heteroatoms. The van der Waals surface area contributed by atoms with Crippen LogP contribution in [0.4, 0.5) is 5.69 Å². The van der Waals surface area contributed by atoms with Crippen LogP contribution >= 0.6 is 0 Å². The molecule has 0 spiro atoms. The topological polar surface area (TPSA) is 54.5 Å². The Morgan fingerprint density at radius 2 is 1.89 bits per heavy atom. The number of carbonyl (C=O) groups is 1. The van der Waals surface area contributed by atoms with Crippen LogP contribution in [0.25, 0.3) is 0 Å². The van der Waals surface area contributed by atoms with Crippen molar-refractivity contribution < 1.29 is 13.2 Å². The highest BCUT2D eigenvalue weighted by atomic mass is 32.2. The van der Waals surface area contributed by atoms with Crippen LogP contribution in [0.2, 0.25) is 0 Å². The van der Waals surface area contributed by atoms with Gasteiger partial charge >= 0.3 is 0 Å². The fourth-order valence-electron chi connectivity index (χ4n) is 1.68. The second-order valence-corrected chi connectivity index (χ2v) is 6.21. The lowest BCUT2D eigenvalue weighted by Crippen LogP contribution is -2.36. The molecule has 0 saturated heterocycles. The van der Waals surface area contributed by atoms with Gasteiger partial charge in [-0.3, -0.25) is 4.79 Å². The van der Waals surface area contributed by atoms with E-state index < -0.39 is 21.5 Å². The average Bonchev–Trinajstić information content (AvgIpc) is 2.38. The van der Waals surface area contributed by atoms with Gasteiger partial charge in [-0.05, 0) is 26.0 Å². The predicted octanol–water partition coefficient (Wildman–Crippen LogP) is 2.03. The number of anilines is 1. The van der Waals surface area contributed by atoms with E-state index >= 15 is 0 Å². The van der Waals surface area contributed by atoms with Crippen LogP contribution in [0.15, 0.2) is 42.5 Å². The molecule has 0 radical (unpaired) electrons. The summed E-state index contributed by atoms with van der Waals surface area (Å²) >= 11 is 0. The first-order valence-corrected chi connectivity index (χ1v) is 7.99. The van der Waals surface area contributed by atoms with Gasteiger partial charge in [0.15, 0.2) is 9.84 Å². The second-order valence-electron chi connectivity index (χ2n) is 4.10. The Balaban J connectivity index is 2.81. The van der Waals surface area contributed by atoms with Crippen molar-refractivity contribution in [2.45, 2.75) is 13.8 Å². The molecule has 0 heterocycles. The van der Waals surface area contributed by atoms with E-state index in [1.165, 1.54) is 4.90 Å². The van der Waals surface area contributed by atoms with Crippen LogP contribution in [-0.4, -0.2) is 32.4 Å². The lowest BCUT2D eigenvalue weighted by atomic mass is 10.3. The smallest absolute Gasteiger partial charge is 0.242 e. The molecule has 4 nitrogen and oxygen atoms in total. The van der Waals surface area contributed by atoms with Crippen molar-refractivity contribution in [3.8, 4) is 0 Å². The molecule has 0 aliphatic carbocycles. The van der Waals surface area contributed by atoms with E-state index in [0.29, 0.717) is 6.54 Å². The van der Waals surface area contributed by atoms with Gasteiger partial charge in [-0.25, -0.2) is 8.42 Å². The Labute approximate surface area is 114 Å². The van der Waals surface area contributed by atoms with Gasteiger partial charge in [-0.2, -0.15) is 0 Å². The largest absolute Gasteiger partial charge is 0.312 e. The minimum atomic E-state index is -3.38. The molecular formula is C14H19NO3S. The monoisotopic (exact) mass is 281 g/mol. The Morgan fingerprint density at radius 3 is 2.42 bits per heavy atom. The molecule has 0 atom stereocenters. The van der Waals surface area contributed by atoms with Gasteiger partial charge in [0.2, 0.25) is 5.91 Å². The number of para-hydroxylation sites is 1. The summed E-state index contributed by atoms with van der Waals surface area (Å²) in [6.45, 7) is 4.02. The number of rotatable bonds is 6. The van der Waals surface area contributed by atoms with E-state index in [-0.39, 0.29) is 5.75 Å². The number of allylic oxidation sites excluding steroid dienone is 1. The summed E-state index contributed by atoms with van der Waals surface area (Å²) in [6.07, 6.45) is 3.21. The van der Waals surface area contributed by atoms with Crippen molar-refractivity contribution in [2.24, 2.45) is 0 Å². The Hall–Kier alpha value is -1.62. The predicted molar refractivity (Wildman–Crippen MR) is 77.9 cm³/mol. The third-order valence-corrected chi connectivity index (χ3v) is 4.00. The maximum absolute atomic E-state index is 12.1. The van der Waals surface area contributed by atoms with Crippen molar-refractivity contribution >= 4 is 21.4 Å². The highest BCUT2D eigenvalue weighted by Crippen LogP contribution is 2.13. The molecule has 1 aromatic rings. The summed E-state index contributed by atoms with van der Waals surface area (Å²) in [5, 5.41) is 0. The van der Waals surface area contributed by atoms with Crippen LogP contribution in [0.1, 0.15) is 13.8 Å². The Morgan fingerprint density at radius 1 is 1.26 bits per heavy atom. The number of carbonyl (C=O) groups excluding carboxylic acids is 1. The molecule has 19 heavy (non-hydrogen) atoms. The standard InChI is InChI=1S/C14H19NO3S/c1-3-5-11-19(17,18)12-14(16)15(4-2)13-9-7-6-8-10-13/h3,5-10H,4,11-12H2,1-2H3. The van der Waals surface area contributed by atoms with Gasteiger partial charge in [0.05, 0.1) is 5.75 Å². The quantitative estimate of drug-likeness (QED) is 0.750. The summed E-state index contributed by atoms with van der Waals surface area (Å²) in [6, 6.07) is 9.07. The molecule has 0 aliphatic rings. The van der Waals surface area contributed by atoms with Crippen LogP contribution in [0.3, 0.4) is 0 Å².